The second kappa shape index (κ2) is 6.58. The van der Waals surface area contributed by atoms with Gasteiger partial charge in [0.2, 0.25) is 0 Å². The second-order valence-corrected chi connectivity index (χ2v) is 5.38. The Morgan fingerprint density at radius 3 is 2.61 bits per heavy atom. The standard InChI is InChI=1S/C17H15N3O2S/c1-22-16-9-5-4-8-13(16)18-17(23)20-19-14-10-15(21)12-7-3-2-6-11(12)14/h2-9H,10H2,1H3,(H2,18,20,23)/b19-14-. The lowest BCUT2D eigenvalue weighted by atomic mass is 10.1. The fraction of sp³-hybridized carbons (Fsp3) is 0.118. The van der Waals surface area contributed by atoms with Gasteiger partial charge in [0, 0.05) is 11.1 Å². The maximum Gasteiger partial charge on any atom is 0.191 e. The first-order valence-corrected chi connectivity index (χ1v) is 7.49. The first-order valence-electron chi connectivity index (χ1n) is 7.08. The van der Waals surface area contributed by atoms with E-state index in [2.05, 4.69) is 15.8 Å². The van der Waals surface area contributed by atoms with Crippen LogP contribution in [0, 0.1) is 0 Å². The molecular formula is C17H15N3O2S. The number of ketones is 1. The zero-order valence-corrected chi connectivity index (χ0v) is 13.3. The van der Waals surface area contributed by atoms with Crippen LogP contribution in [0.25, 0.3) is 0 Å². The Hall–Kier alpha value is -2.73. The molecular weight excluding hydrogens is 310 g/mol. The van der Waals surface area contributed by atoms with E-state index in [0.29, 0.717) is 22.1 Å². The minimum absolute atomic E-state index is 0.0738. The number of nitrogens with zero attached hydrogens (tertiary/aromatic N) is 1. The van der Waals surface area contributed by atoms with Crippen LogP contribution in [0.3, 0.4) is 0 Å². The monoisotopic (exact) mass is 325 g/mol. The highest BCUT2D eigenvalue weighted by atomic mass is 32.1. The zero-order chi connectivity index (χ0) is 16.2. The number of nitrogens with one attached hydrogen (secondary N) is 2. The Balaban J connectivity index is 1.71. The number of thiocarbonyl (C=S) groups is 1. The highest BCUT2D eigenvalue weighted by Gasteiger charge is 2.24. The smallest absolute Gasteiger partial charge is 0.191 e. The van der Waals surface area contributed by atoms with Gasteiger partial charge in [-0.15, -0.1) is 0 Å². The van der Waals surface area contributed by atoms with Crippen LogP contribution in [0.5, 0.6) is 5.75 Å². The van der Waals surface area contributed by atoms with E-state index in [-0.39, 0.29) is 12.2 Å². The molecule has 2 aromatic carbocycles. The van der Waals surface area contributed by atoms with Gasteiger partial charge < -0.3 is 10.1 Å². The van der Waals surface area contributed by atoms with Gasteiger partial charge in [-0.3, -0.25) is 10.2 Å². The van der Waals surface area contributed by atoms with E-state index >= 15 is 0 Å². The Labute approximate surface area is 139 Å². The zero-order valence-electron chi connectivity index (χ0n) is 12.5. The molecule has 0 saturated carbocycles. The van der Waals surface area contributed by atoms with Crippen LogP contribution in [0.2, 0.25) is 0 Å². The van der Waals surface area contributed by atoms with Crippen molar-refractivity contribution in [2.24, 2.45) is 5.10 Å². The summed E-state index contributed by atoms with van der Waals surface area (Å²) in [5.41, 5.74) is 5.78. The maximum atomic E-state index is 11.9. The molecule has 0 spiro atoms. The molecule has 0 radical (unpaired) electrons. The van der Waals surface area contributed by atoms with Crippen LogP contribution in [0.15, 0.2) is 53.6 Å². The van der Waals surface area contributed by atoms with Crippen LogP contribution >= 0.6 is 12.2 Å². The fourth-order valence-electron chi connectivity index (χ4n) is 2.44. The van der Waals surface area contributed by atoms with Crippen molar-refractivity contribution in [3.63, 3.8) is 0 Å². The molecule has 3 rings (SSSR count). The number of carbonyl (C=O) groups excluding carboxylic acids is 1. The van der Waals surface area contributed by atoms with E-state index in [1.807, 2.05) is 48.5 Å². The minimum atomic E-state index is 0.0738. The number of anilines is 1. The Bertz CT molecular complexity index is 802. The molecule has 2 N–H and O–H groups in total. The van der Waals surface area contributed by atoms with Crippen molar-refractivity contribution < 1.29 is 9.53 Å². The first kappa shape index (κ1) is 15.2. The third-order valence-electron chi connectivity index (χ3n) is 3.51. The van der Waals surface area contributed by atoms with E-state index in [1.165, 1.54) is 0 Å². The first-order chi connectivity index (χ1) is 11.2. The van der Waals surface area contributed by atoms with Gasteiger partial charge in [0.1, 0.15) is 5.75 Å². The van der Waals surface area contributed by atoms with Crippen LogP contribution in [0.1, 0.15) is 22.3 Å². The Morgan fingerprint density at radius 2 is 1.83 bits per heavy atom. The van der Waals surface area contributed by atoms with Gasteiger partial charge in [0.25, 0.3) is 0 Å². The van der Waals surface area contributed by atoms with Crippen LogP contribution in [0.4, 0.5) is 5.69 Å². The molecule has 1 aliphatic carbocycles. The summed E-state index contributed by atoms with van der Waals surface area (Å²) in [5, 5.41) is 7.62. The molecule has 0 aliphatic heterocycles. The van der Waals surface area contributed by atoms with Crippen molar-refractivity contribution in [2.75, 3.05) is 12.4 Å². The molecule has 0 fully saturated rings. The number of rotatable bonds is 3. The molecule has 1 aliphatic rings. The summed E-state index contributed by atoms with van der Waals surface area (Å²) < 4.78 is 5.25. The normalized spacial score (nSPS) is 14.5. The number of Topliss-reactive ketones (excluding diaryl/α,β-unsaturated/α-hetero) is 1. The number of carbonyl (C=O) groups is 1. The number of hydrogen-bond acceptors (Lipinski definition) is 4. The number of ether oxygens (including phenoxy) is 1. The third-order valence-corrected chi connectivity index (χ3v) is 3.71. The summed E-state index contributed by atoms with van der Waals surface area (Å²) in [6.07, 6.45) is 0.281. The number of hydrazone groups is 1. The highest BCUT2D eigenvalue weighted by Crippen LogP contribution is 2.23. The summed E-state index contributed by atoms with van der Waals surface area (Å²) in [6.45, 7) is 0. The van der Waals surface area contributed by atoms with Crippen LogP contribution < -0.4 is 15.5 Å². The van der Waals surface area contributed by atoms with E-state index < -0.39 is 0 Å². The van der Waals surface area contributed by atoms with Gasteiger partial charge in [0.15, 0.2) is 10.9 Å². The summed E-state index contributed by atoms with van der Waals surface area (Å²) in [6, 6.07) is 14.9. The van der Waals surface area contributed by atoms with Gasteiger partial charge in [-0.2, -0.15) is 5.10 Å². The van der Waals surface area contributed by atoms with Crippen molar-refractivity contribution in [1.82, 2.24) is 5.43 Å². The second-order valence-electron chi connectivity index (χ2n) is 4.97. The molecule has 6 heteroatoms. The van der Waals surface area contributed by atoms with Gasteiger partial charge in [0.05, 0.1) is 24.9 Å². The van der Waals surface area contributed by atoms with Crippen molar-refractivity contribution >= 4 is 34.5 Å². The van der Waals surface area contributed by atoms with Gasteiger partial charge in [-0.25, -0.2) is 0 Å². The predicted molar refractivity (Wildman–Crippen MR) is 94.3 cm³/mol. The Kier molecular flexibility index (Phi) is 4.34. The van der Waals surface area contributed by atoms with Crippen LogP contribution in [-0.4, -0.2) is 23.7 Å². The molecule has 0 atom stereocenters. The van der Waals surface area contributed by atoms with E-state index in [0.717, 1.165) is 11.3 Å². The van der Waals surface area contributed by atoms with Crippen molar-refractivity contribution in [3.8, 4) is 5.75 Å². The van der Waals surface area contributed by atoms with Crippen molar-refractivity contribution in [1.29, 1.82) is 0 Å². The summed E-state index contributed by atoms with van der Waals surface area (Å²) in [5.74, 6) is 0.760. The molecule has 23 heavy (non-hydrogen) atoms. The van der Waals surface area contributed by atoms with Crippen molar-refractivity contribution in [3.05, 3.63) is 59.7 Å². The van der Waals surface area contributed by atoms with Gasteiger partial charge in [-0.1, -0.05) is 36.4 Å². The molecule has 0 amide bonds. The SMILES string of the molecule is COc1ccccc1NC(=S)N/N=C1/CC(=O)c2ccccc21. The van der Waals surface area contributed by atoms with Gasteiger partial charge in [-0.05, 0) is 24.4 Å². The molecule has 0 saturated heterocycles. The molecule has 0 heterocycles. The quantitative estimate of drug-likeness (QED) is 0.671. The molecule has 5 nitrogen and oxygen atoms in total. The molecule has 0 aromatic heterocycles. The number of hydrogen-bond donors (Lipinski definition) is 2. The van der Waals surface area contributed by atoms with E-state index in [4.69, 9.17) is 17.0 Å². The average molecular weight is 325 g/mol. The fourth-order valence-corrected chi connectivity index (χ4v) is 2.59. The maximum absolute atomic E-state index is 11.9. The lowest BCUT2D eigenvalue weighted by molar-refractivity contribution is 0.101. The third kappa shape index (κ3) is 3.22. The van der Waals surface area contributed by atoms with E-state index in [9.17, 15) is 4.79 Å². The molecule has 0 bridgehead atoms. The minimum Gasteiger partial charge on any atom is -0.495 e. The average Bonchev–Trinajstić information content (AvgIpc) is 2.90. The number of fused-ring (bicyclic) bond motifs is 1. The lowest BCUT2D eigenvalue weighted by Crippen LogP contribution is -2.25. The van der Waals surface area contributed by atoms with Gasteiger partial charge >= 0.3 is 0 Å². The predicted octanol–water partition coefficient (Wildman–Crippen LogP) is 2.97. The summed E-state index contributed by atoms with van der Waals surface area (Å²) in [7, 11) is 1.60. The lowest BCUT2D eigenvalue weighted by Gasteiger charge is -2.11. The summed E-state index contributed by atoms with van der Waals surface area (Å²) >= 11 is 5.24. The Morgan fingerprint density at radius 1 is 1.13 bits per heavy atom. The van der Waals surface area contributed by atoms with Crippen molar-refractivity contribution in [2.45, 2.75) is 6.42 Å². The molecule has 116 valence electrons. The topological polar surface area (TPSA) is 62.7 Å². The van der Waals surface area contributed by atoms with E-state index in [1.54, 1.807) is 7.11 Å². The number of methoxy groups -OCH3 is 1. The summed E-state index contributed by atoms with van der Waals surface area (Å²) in [4.78, 5) is 11.9. The number of para-hydroxylation sites is 2. The molecule has 0 unspecified atom stereocenters. The largest absolute Gasteiger partial charge is 0.495 e. The highest BCUT2D eigenvalue weighted by molar-refractivity contribution is 7.80. The van der Waals surface area contributed by atoms with Crippen LogP contribution in [-0.2, 0) is 0 Å². The number of benzene rings is 2. The molecule has 2 aromatic rings.